The molecule has 7 nitrogen and oxygen atoms in total. The smallest absolute Gasteiger partial charge is 0.420 e. The van der Waals surface area contributed by atoms with Crippen molar-refractivity contribution in [2.75, 3.05) is 39.4 Å². The number of alkyl halides is 3. The standard InChI is InChI=1S/C21H25F4N3O4/c22-14-1-2-17(15(9-14)21(23,24)25)31-11-13-3-6-27(7-4-13)20(30)28-8-5-18-16(10-28)26-19(29)12-32-18/h1-2,9,13,16,18H,3-8,10-12H2,(H,26,29)/t16-,18?/m1/s1. The molecular weight excluding hydrogens is 434 g/mol. The number of morpholine rings is 1. The molecule has 2 atom stereocenters. The van der Waals surface area contributed by atoms with Crippen LogP contribution >= 0.6 is 0 Å². The molecule has 3 amide bonds. The number of ether oxygens (including phenoxy) is 2. The summed E-state index contributed by atoms with van der Waals surface area (Å²) in [6, 6.07) is 2.04. The number of carbonyl (C=O) groups excluding carboxylic acids is 2. The van der Waals surface area contributed by atoms with E-state index in [4.69, 9.17) is 9.47 Å². The molecule has 3 heterocycles. The quantitative estimate of drug-likeness (QED) is 0.706. The van der Waals surface area contributed by atoms with Gasteiger partial charge in [0.25, 0.3) is 0 Å². The number of carbonyl (C=O) groups is 2. The van der Waals surface area contributed by atoms with E-state index in [9.17, 15) is 27.2 Å². The van der Waals surface area contributed by atoms with Crippen molar-refractivity contribution >= 4 is 11.9 Å². The minimum absolute atomic E-state index is 0.0121. The fourth-order valence-electron chi connectivity index (χ4n) is 4.42. The number of likely N-dealkylation sites (tertiary alicyclic amines) is 2. The maximum Gasteiger partial charge on any atom is 0.420 e. The van der Waals surface area contributed by atoms with Crippen molar-refractivity contribution in [1.82, 2.24) is 15.1 Å². The number of halogens is 4. The third kappa shape index (κ3) is 5.08. The van der Waals surface area contributed by atoms with Crippen LogP contribution < -0.4 is 10.1 Å². The van der Waals surface area contributed by atoms with Gasteiger partial charge in [0.05, 0.1) is 18.8 Å². The number of rotatable bonds is 3. The molecule has 3 fully saturated rings. The van der Waals surface area contributed by atoms with E-state index in [0.29, 0.717) is 51.5 Å². The Morgan fingerprint density at radius 2 is 1.88 bits per heavy atom. The molecule has 3 saturated heterocycles. The zero-order valence-electron chi connectivity index (χ0n) is 17.4. The van der Waals surface area contributed by atoms with E-state index in [0.717, 1.165) is 12.1 Å². The van der Waals surface area contributed by atoms with E-state index < -0.39 is 23.3 Å². The number of fused-ring (bicyclic) bond motifs is 1. The first kappa shape index (κ1) is 22.6. The Bertz CT molecular complexity index is 858. The van der Waals surface area contributed by atoms with E-state index in [1.165, 1.54) is 0 Å². The predicted molar refractivity (Wildman–Crippen MR) is 104 cm³/mol. The van der Waals surface area contributed by atoms with Gasteiger partial charge in [-0.15, -0.1) is 0 Å². The summed E-state index contributed by atoms with van der Waals surface area (Å²) in [5, 5.41) is 2.87. The van der Waals surface area contributed by atoms with Gasteiger partial charge in [-0.05, 0) is 43.4 Å². The SMILES string of the molecule is O=C1COC2CCN(C(=O)N3CCC(COc4ccc(F)cc4C(F)(F)F)CC3)C[C@H]2N1. The highest BCUT2D eigenvalue weighted by Gasteiger charge is 2.38. The fraction of sp³-hybridized carbons (Fsp3) is 0.619. The van der Waals surface area contributed by atoms with Gasteiger partial charge in [0, 0.05) is 26.2 Å². The Morgan fingerprint density at radius 3 is 2.59 bits per heavy atom. The molecule has 0 spiro atoms. The summed E-state index contributed by atoms with van der Waals surface area (Å²) < 4.78 is 63.5. The van der Waals surface area contributed by atoms with Gasteiger partial charge in [0.2, 0.25) is 5.91 Å². The lowest BCUT2D eigenvalue weighted by Crippen LogP contribution is -2.62. The van der Waals surface area contributed by atoms with Gasteiger partial charge in [0.15, 0.2) is 0 Å². The fourth-order valence-corrected chi connectivity index (χ4v) is 4.42. The zero-order valence-corrected chi connectivity index (χ0v) is 17.4. The predicted octanol–water partition coefficient (Wildman–Crippen LogP) is 2.64. The molecule has 4 rings (SSSR count). The zero-order chi connectivity index (χ0) is 22.9. The van der Waals surface area contributed by atoms with Crippen LogP contribution in [-0.2, 0) is 15.7 Å². The van der Waals surface area contributed by atoms with Crippen LogP contribution in [0.25, 0.3) is 0 Å². The Labute approximate surface area is 182 Å². The Hall–Kier alpha value is -2.56. The number of piperidine rings is 2. The van der Waals surface area contributed by atoms with Crippen LogP contribution in [0.1, 0.15) is 24.8 Å². The third-order valence-electron chi connectivity index (χ3n) is 6.20. The first-order chi connectivity index (χ1) is 15.2. The largest absolute Gasteiger partial charge is 0.493 e. The maximum absolute atomic E-state index is 13.2. The molecule has 32 heavy (non-hydrogen) atoms. The molecular formula is C21H25F4N3O4. The van der Waals surface area contributed by atoms with Crippen LogP contribution in [0.15, 0.2) is 18.2 Å². The molecule has 0 aromatic heterocycles. The van der Waals surface area contributed by atoms with Crippen molar-refractivity contribution in [2.24, 2.45) is 5.92 Å². The molecule has 3 aliphatic rings. The Morgan fingerprint density at radius 1 is 1.16 bits per heavy atom. The molecule has 0 radical (unpaired) electrons. The summed E-state index contributed by atoms with van der Waals surface area (Å²) in [6.07, 6.45) is -2.95. The average molecular weight is 459 g/mol. The van der Waals surface area contributed by atoms with Gasteiger partial charge in [0.1, 0.15) is 23.7 Å². The molecule has 1 aromatic rings. The summed E-state index contributed by atoms with van der Waals surface area (Å²) in [5.74, 6) is -1.56. The van der Waals surface area contributed by atoms with Gasteiger partial charge in [-0.2, -0.15) is 13.2 Å². The normalized spacial score (nSPS) is 24.7. The lowest BCUT2D eigenvalue weighted by atomic mass is 9.97. The van der Waals surface area contributed by atoms with Crippen molar-refractivity contribution < 1.29 is 36.6 Å². The molecule has 1 unspecified atom stereocenters. The first-order valence-corrected chi connectivity index (χ1v) is 10.6. The maximum atomic E-state index is 13.2. The highest BCUT2D eigenvalue weighted by molar-refractivity contribution is 5.79. The van der Waals surface area contributed by atoms with E-state index in [2.05, 4.69) is 5.32 Å². The molecule has 0 saturated carbocycles. The summed E-state index contributed by atoms with van der Waals surface area (Å²) in [4.78, 5) is 27.9. The topological polar surface area (TPSA) is 71.1 Å². The second kappa shape index (κ2) is 9.13. The van der Waals surface area contributed by atoms with Crippen LogP contribution in [0.4, 0.5) is 22.4 Å². The number of amides is 3. The van der Waals surface area contributed by atoms with Gasteiger partial charge >= 0.3 is 12.2 Å². The second-order valence-corrected chi connectivity index (χ2v) is 8.42. The number of hydrogen-bond acceptors (Lipinski definition) is 4. The second-order valence-electron chi connectivity index (χ2n) is 8.42. The highest BCUT2D eigenvalue weighted by Crippen LogP contribution is 2.37. The van der Waals surface area contributed by atoms with Crippen LogP contribution in [0.3, 0.4) is 0 Å². The third-order valence-corrected chi connectivity index (χ3v) is 6.20. The summed E-state index contributed by atoms with van der Waals surface area (Å²) in [6.45, 7) is 1.99. The van der Waals surface area contributed by atoms with Gasteiger partial charge < -0.3 is 24.6 Å². The van der Waals surface area contributed by atoms with Crippen LogP contribution in [0, 0.1) is 11.7 Å². The molecule has 11 heteroatoms. The van der Waals surface area contributed by atoms with E-state index in [1.54, 1.807) is 9.80 Å². The molecule has 1 N–H and O–H groups in total. The van der Waals surface area contributed by atoms with Crippen LogP contribution in [0.2, 0.25) is 0 Å². The van der Waals surface area contributed by atoms with Crippen LogP contribution in [0.5, 0.6) is 5.75 Å². The monoisotopic (exact) mass is 459 g/mol. The molecule has 1 aromatic carbocycles. The van der Waals surface area contributed by atoms with Crippen molar-refractivity contribution in [3.63, 3.8) is 0 Å². The van der Waals surface area contributed by atoms with Gasteiger partial charge in [-0.25, -0.2) is 9.18 Å². The number of nitrogens with one attached hydrogen (secondary N) is 1. The van der Waals surface area contributed by atoms with E-state index in [1.807, 2.05) is 0 Å². The van der Waals surface area contributed by atoms with Crippen molar-refractivity contribution in [2.45, 2.75) is 37.6 Å². The van der Waals surface area contributed by atoms with E-state index >= 15 is 0 Å². The molecule has 176 valence electrons. The summed E-state index contributed by atoms with van der Waals surface area (Å²) in [5.41, 5.74) is -1.13. The summed E-state index contributed by atoms with van der Waals surface area (Å²) >= 11 is 0. The number of hydrogen-bond donors (Lipinski definition) is 1. The van der Waals surface area contributed by atoms with Crippen LogP contribution in [-0.4, -0.2) is 73.3 Å². The van der Waals surface area contributed by atoms with Crippen molar-refractivity contribution in [1.29, 1.82) is 0 Å². The minimum atomic E-state index is -4.70. The summed E-state index contributed by atoms with van der Waals surface area (Å²) in [7, 11) is 0. The van der Waals surface area contributed by atoms with Crippen molar-refractivity contribution in [3.05, 3.63) is 29.6 Å². The number of benzene rings is 1. The lowest BCUT2D eigenvalue weighted by molar-refractivity contribution is -0.140. The highest BCUT2D eigenvalue weighted by atomic mass is 19.4. The average Bonchev–Trinajstić information content (AvgIpc) is 2.77. The Balaban J connectivity index is 1.27. The molecule has 3 aliphatic heterocycles. The Kier molecular flexibility index (Phi) is 6.45. The van der Waals surface area contributed by atoms with Crippen molar-refractivity contribution in [3.8, 4) is 5.75 Å². The molecule has 0 bridgehead atoms. The molecule has 0 aliphatic carbocycles. The first-order valence-electron chi connectivity index (χ1n) is 10.6. The van der Waals surface area contributed by atoms with Gasteiger partial charge in [-0.3, -0.25) is 4.79 Å². The number of urea groups is 1. The number of nitrogens with zero attached hydrogens (tertiary/aromatic N) is 2. The van der Waals surface area contributed by atoms with E-state index in [-0.39, 0.29) is 43.2 Å². The lowest BCUT2D eigenvalue weighted by Gasteiger charge is -2.43. The minimum Gasteiger partial charge on any atom is -0.493 e. The van der Waals surface area contributed by atoms with Gasteiger partial charge in [-0.1, -0.05) is 0 Å².